The zero-order chi connectivity index (χ0) is 14.5. The molecular weight excluding hydrogens is 274 g/mol. The predicted octanol–water partition coefficient (Wildman–Crippen LogP) is 1.32. The maximum absolute atomic E-state index is 11.1. The van der Waals surface area contributed by atoms with Gasteiger partial charge in [-0.2, -0.15) is 5.26 Å². The van der Waals surface area contributed by atoms with Crippen LogP contribution in [-0.2, 0) is 5.75 Å². The van der Waals surface area contributed by atoms with E-state index in [1.807, 2.05) is 12.1 Å². The van der Waals surface area contributed by atoms with Gasteiger partial charge in [0.15, 0.2) is 5.16 Å². The molecule has 20 heavy (non-hydrogen) atoms. The molecule has 6 nitrogen and oxygen atoms in total. The average Bonchev–Trinajstić information content (AvgIpc) is 2.45. The Morgan fingerprint density at radius 3 is 2.90 bits per heavy atom. The summed E-state index contributed by atoms with van der Waals surface area (Å²) in [4.78, 5) is 19.2. The van der Waals surface area contributed by atoms with Crippen molar-refractivity contribution >= 4 is 23.5 Å². The Kier molecular flexibility index (Phi) is 4.17. The number of nitriles is 1. The number of carbonyl (C=O) groups excluding carboxylic acids is 1. The quantitative estimate of drug-likeness (QED) is 0.646. The summed E-state index contributed by atoms with van der Waals surface area (Å²) in [7, 11) is 0. The van der Waals surface area contributed by atoms with E-state index >= 15 is 0 Å². The van der Waals surface area contributed by atoms with Gasteiger partial charge in [0, 0.05) is 11.3 Å². The summed E-state index contributed by atoms with van der Waals surface area (Å²) in [5, 5.41) is 9.22. The molecule has 2 rings (SSSR count). The highest BCUT2D eigenvalue weighted by Gasteiger charge is 2.06. The lowest BCUT2D eigenvalue weighted by Crippen LogP contribution is -2.10. The molecule has 0 saturated heterocycles. The Bertz CT molecular complexity index is 695. The van der Waals surface area contributed by atoms with Crippen molar-refractivity contribution in [2.24, 2.45) is 5.73 Å². The largest absolute Gasteiger partial charge is 0.382 e. The second-order valence-electron chi connectivity index (χ2n) is 3.92. The number of nitrogens with two attached hydrogens (primary N) is 2. The Balaban J connectivity index is 2.09. The molecule has 0 radical (unpaired) electrons. The number of benzene rings is 1. The van der Waals surface area contributed by atoms with Gasteiger partial charge in [-0.3, -0.25) is 4.79 Å². The van der Waals surface area contributed by atoms with Gasteiger partial charge in [0.2, 0.25) is 5.91 Å². The molecule has 1 aromatic heterocycles. The first-order chi connectivity index (χ1) is 9.60. The van der Waals surface area contributed by atoms with Crippen molar-refractivity contribution in [3.05, 3.63) is 47.2 Å². The zero-order valence-corrected chi connectivity index (χ0v) is 11.2. The number of hydrogen-bond acceptors (Lipinski definition) is 6. The van der Waals surface area contributed by atoms with Crippen molar-refractivity contribution in [3.8, 4) is 6.07 Å². The maximum Gasteiger partial charge on any atom is 0.248 e. The van der Waals surface area contributed by atoms with Crippen molar-refractivity contribution in [2.45, 2.75) is 10.9 Å². The van der Waals surface area contributed by atoms with Gasteiger partial charge in [0.25, 0.3) is 0 Å². The molecule has 0 spiro atoms. The van der Waals surface area contributed by atoms with Crippen molar-refractivity contribution < 1.29 is 4.79 Å². The van der Waals surface area contributed by atoms with Gasteiger partial charge < -0.3 is 11.5 Å². The van der Waals surface area contributed by atoms with Crippen LogP contribution >= 0.6 is 11.8 Å². The summed E-state index contributed by atoms with van der Waals surface area (Å²) in [6, 6.07) is 8.94. The summed E-state index contributed by atoms with van der Waals surface area (Å²) < 4.78 is 0. The molecule has 4 N–H and O–H groups in total. The minimum Gasteiger partial charge on any atom is -0.382 e. The highest BCUT2D eigenvalue weighted by molar-refractivity contribution is 7.98. The number of hydrogen-bond donors (Lipinski definition) is 2. The number of nitrogens with zero attached hydrogens (tertiary/aromatic N) is 3. The number of aromatic nitrogens is 2. The van der Waals surface area contributed by atoms with Crippen LogP contribution in [0.3, 0.4) is 0 Å². The molecule has 0 atom stereocenters. The average molecular weight is 285 g/mol. The van der Waals surface area contributed by atoms with Crippen molar-refractivity contribution in [3.63, 3.8) is 0 Å². The molecule has 1 amide bonds. The third-order valence-electron chi connectivity index (χ3n) is 2.50. The zero-order valence-electron chi connectivity index (χ0n) is 10.4. The molecule has 0 saturated carbocycles. The van der Waals surface area contributed by atoms with Gasteiger partial charge in [-0.05, 0) is 17.7 Å². The van der Waals surface area contributed by atoms with Gasteiger partial charge >= 0.3 is 0 Å². The smallest absolute Gasteiger partial charge is 0.248 e. The molecule has 0 unspecified atom stereocenters. The summed E-state index contributed by atoms with van der Waals surface area (Å²) in [6.07, 6.45) is 1.39. The Morgan fingerprint density at radius 2 is 2.25 bits per heavy atom. The number of primary amides is 1. The van der Waals surface area contributed by atoms with E-state index in [9.17, 15) is 4.79 Å². The van der Waals surface area contributed by atoms with Crippen LogP contribution in [0.25, 0.3) is 0 Å². The maximum atomic E-state index is 11.1. The molecule has 0 fully saturated rings. The van der Waals surface area contributed by atoms with Crippen LogP contribution in [0.5, 0.6) is 0 Å². The third kappa shape index (κ3) is 3.24. The molecule has 0 aliphatic heterocycles. The molecule has 7 heteroatoms. The second-order valence-corrected chi connectivity index (χ2v) is 4.86. The van der Waals surface area contributed by atoms with Gasteiger partial charge in [-0.15, -0.1) is 0 Å². The number of rotatable bonds is 4. The molecule has 0 aliphatic carbocycles. The molecule has 0 aliphatic rings. The number of anilines is 1. The standard InChI is InChI=1S/C13H11N5OS/c14-5-10-6-17-13(18-11(10)15)20-7-8-2-1-3-9(4-8)12(16)19/h1-4,6H,7H2,(H2,16,19)(H2,15,17,18). The fourth-order valence-corrected chi connectivity index (χ4v) is 2.26. The topological polar surface area (TPSA) is 119 Å². The minimum absolute atomic E-state index is 0.163. The molecule has 1 aromatic carbocycles. The van der Waals surface area contributed by atoms with Gasteiger partial charge in [-0.25, -0.2) is 9.97 Å². The molecule has 2 aromatic rings. The van der Waals surface area contributed by atoms with Crippen LogP contribution in [0.2, 0.25) is 0 Å². The number of carbonyl (C=O) groups is 1. The van der Waals surface area contributed by atoms with Crippen LogP contribution < -0.4 is 11.5 Å². The highest BCUT2D eigenvalue weighted by Crippen LogP contribution is 2.21. The highest BCUT2D eigenvalue weighted by atomic mass is 32.2. The second kappa shape index (κ2) is 6.04. The first kappa shape index (κ1) is 13.8. The van der Waals surface area contributed by atoms with Crippen molar-refractivity contribution in [1.82, 2.24) is 9.97 Å². The van der Waals surface area contributed by atoms with Gasteiger partial charge in [0.05, 0.1) is 6.20 Å². The lowest BCUT2D eigenvalue weighted by Gasteiger charge is -2.03. The van der Waals surface area contributed by atoms with Crippen LogP contribution in [0, 0.1) is 11.3 Å². The first-order valence-corrected chi connectivity index (χ1v) is 6.63. The number of amides is 1. The Morgan fingerprint density at radius 1 is 1.45 bits per heavy atom. The molecule has 1 heterocycles. The van der Waals surface area contributed by atoms with E-state index in [1.165, 1.54) is 18.0 Å². The van der Waals surface area contributed by atoms with Crippen LogP contribution in [0.15, 0.2) is 35.6 Å². The Labute approximate surface area is 119 Å². The van der Waals surface area contributed by atoms with E-state index < -0.39 is 5.91 Å². The number of nitrogen functional groups attached to an aromatic ring is 1. The van der Waals surface area contributed by atoms with Crippen molar-refractivity contribution in [2.75, 3.05) is 5.73 Å². The lowest BCUT2D eigenvalue weighted by molar-refractivity contribution is 0.1000. The summed E-state index contributed by atoms with van der Waals surface area (Å²) >= 11 is 1.36. The van der Waals surface area contributed by atoms with E-state index in [0.29, 0.717) is 16.5 Å². The van der Waals surface area contributed by atoms with Crippen LogP contribution in [-0.4, -0.2) is 15.9 Å². The fraction of sp³-hybridized carbons (Fsp3) is 0.0769. The molecular formula is C13H11N5OS. The van der Waals surface area contributed by atoms with E-state index in [0.717, 1.165) is 5.56 Å². The number of thioether (sulfide) groups is 1. The monoisotopic (exact) mass is 285 g/mol. The summed E-state index contributed by atoms with van der Waals surface area (Å²) in [6.45, 7) is 0. The Hall–Kier alpha value is -2.59. The van der Waals surface area contributed by atoms with Gasteiger partial charge in [-0.1, -0.05) is 23.9 Å². The fourth-order valence-electron chi connectivity index (χ4n) is 1.50. The molecule has 0 bridgehead atoms. The van der Waals surface area contributed by atoms with Crippen LogP contribution in [0.1, 0.15) is 21.5 Å². The van der Waals surface area contributed by atoms with E-state index in [2.05, 4.69) is 9.97 Å². The third-order valence-corrected chi connectivity index (χ3v) is 3.43. The van der Waals surface area contributed by atoms with E-state index in [1.54, 1.807) is 18.2 Å². The van der Waals surface area contributed by atoms with E-state index in [4.69, 9.17) is 16.7 Å². The van der Waals surface area contributed by atoms with Crippen LogP contribution in [0.4, 0.5) is 5.82 Å². The van der Waals surface area contributed by atoms with E-state index in [-0.39, 0.29) is 11.4 Å². The SMILES string of the molecule is N#Cc1cnc(SCc2cccc(C(N)=O)c2)nc1N. The van der Waals surface area contributed by atoms with Gasteiger partial charge in [0.1, 0.15) is 17.5 Å². The lowest BCUT2D eigenvalue weighted by atomic mass is 10.1. The first-order valence-electron chi connectivity index (χ1n) is 5.64. The predicted molar refractivity (Wildman–Crippen MR) is 75.7 cm³/mol. The summed E-state index contributed by atoms with van der Waals surface area (Å²) in [5.41, 5.74) is 12.5. The normalized spacial score (nSPS) is 9.95. The van der Waals surface area contributed by atoms with Crippen molar-refractivity contribution in [1.29, 1.82) is 5.26 Å². The summed E-state index contributed by atoms with van der Waals surface area (Å²) in [5.74, 6) is 0.276. The molecule has 100 valence electrons. The minimum atomic E-state index is -0.462.